The summed E-state index contributed by atoms with van der Waals surface area (Å²) in [5.41, 5.74) is 0.753. The number of urea groups is 1. The third-order valence-corrected chi connectivity index (χ3v) is 5.33. The average Bonchev–Trinajstić information content (AvgIpc) is 3.38. The number of rotatable bonds is 6. The van der Waals surface area contributed by atoms with E-state index in [0.717, 1.165) is 24.2 Å². The second kappa shape index (κ2) is 8.34. The van der Waals surface area contributed by atoms with E-state index in [0.29, 0.717) is 17.6 Å². The Balaban J connectivity index is 1.69. The minimum absolute atomic E-state index is 0.353. The predicted molar refractivity (Wildman–Crippen MR) is 109 cm³/mol. The highest BCUT2D eigenvalue weighted by molar-refractivity contribution is 8.00. The van der Waals surface area contributed by atoms with Crippen LogP contribution in [0.2, 0.25) is 0 Å². The van der Waals surface area contributed by atoms with Crippen LogP contribution in [0.4, 0.5) is 4.79 Å². The van der Waals surface area contributed by atoms with Crippen molar-refractivity contribution < 1.29 is 9.59 Å². The van der Waals surface area contributed by atoms with E-state index in [9.17, 15) is 9.59 Å². The van der Waals surface area contributed by atoms with E-state index < -0.39 is 16.8 Å². The van der Waals surface area contributed by atoms with Gasteiger partial charge in [0.25, 0.3) is 0 Å². The molecule has 1 aromatic carbocycles. The van der Waals surface area contributed by atoms with Crippen molar-refractivity contribution in [2.24, 2.45) is 0 Å². The Hall–Kier alpha value is -2.35. The lowest BCUT2D eigenvalue weighted by atomic mass is 10.1. The second-order valence-corrected chi connectivity index (χ2v) is 9.45. The SMILES string of the molecule is C[C@H](Sc1nnc(C2CC2)n1Cc1ccccc1)C(=O)NC(=O)NC(C)(C)C. The lowest BCUT2D eigenvalue weighted by Gasteiger charge is -2.21. The molecule has 0 aliphatic heterocycles. The van der Waals surface area contributed by atoms with Crippen molar-refractivity contribution in [2.75, 3.05) is 0 Å². The van der Waals surface area contributed by atoms with Crippen LogP contribution in [-0.4, -0.2) is 37.5 Å². The molecule has 150 valence electrons. The van der Waals surface area contributed by atoms with Crippen LogP contribution in [-0.2, 0) is 11.3 Å². The Morgan fingerprint density at radius 2 is 1.89 bits per heavy atom. The smallest absolute Gasteiger partial charge is 0.321 e. The Labute approximate surface area is 169 Å². The van der Waals surface area contributed by atoms with Gasteiger partial charge in [-0.05, 0) is 46.1 Å². The van der Waals surface area contributed by atoms with Crippen LogP contribution in [0, 0.1) is 0 Å². The molecule has 7 nitrogen and oxygen atoms in total. The van der Waals surface area contributed by atoms with Gasteiger partial charge < -0.3 is 9.88 Å². The van der Waals surface area contributed by atoms with Gasteiger partial charge in [0.1, 0.15) is 5.82 Å². The summed E-state index contributed by atoms with van der Waals surface area (Å²) in [5.74, 6) is 1.07. The van der Waals surface area contributed by atoms with Gasteiger partial charge in [0.2, 0.25) is 5.91 Å². The van der Waals surface area contributed by atoms with Crippen molar-refractivity contribution >= 4 is 23.7 Å². The number of nitrogens with one attached hydrogen (secondary N) is 2. The summed E-state index contributed by atoms with van der Waals surface area (Å²) in [7, 11) is 0. The maximum atomic E-state index is 12.4. The van der Waals surface area contributed by atoms with E-state index in [2.05, 4.69) is 37.5 Å². The van der Waals surface area contributed by atoms with E-state index in [1.807, 2.05) is 39.0 Å². The summed E-state index contributed by atoms with van der Waals surface area (Å²) < 4.78 is 2.09. The van der Waals surface area contributed by atoms with E-state index in [4.69, 9.17) is 0 Å². The summed E-state index contributed by atoms with van der Waals surface area (Å²) in [6.07, 6.45) is 2.25. The van der Waals surface area contributed by atoms with Crippen LogP contribution in [0.3, 0.4) is 0 Å². The molecule has 1 atom stereocenters. The summed E-state index contributed by atoms with van der Waals surface area (Å²) >= 11 is 1.32. The molecule has 0 bridgehead atoms. The fourth-order valence-electron chi connectivity index (χ4n) is 2.74. The molecule has 0 radical (unpaired) electrons. The molecule has 1 aliphatic carbocycles. The molecular formula is C20H27N5O2S. The van der Waals surface area contributed by atoms with Crippen molar-refractivity contribution in [2.45, 2.75) is 68.9 Å². The average molecular weight is 402 g/mol. The van der Waals surface area contributed by atoms with Gasteiger partial charge in [-0.1, -0.05) is 42.1 Å². The van der Waals surface area contributed by atoms with Crippen LogP contribution in [0.25, 0.3) is 0 Å². The summed E-state index contributed by atoms with van der Waals surface area (Å²) in [6, 6.07) is 9.65. The highest BCUT2D eigenvalue weighted by atomic mass is 32.2. The first-order valence-electron chi connectivity index (χ1n) is 9.49. The maximum absolute atomic E-state index is 12.4. The minimum Gasteiger partial charge on any atom is -0.333 e. The van der Waals surface area contributed by atoms with Crippen molar-refractivity contribution in [1.29, 1.82) is 0 Å². The second-order valence-electron chi connectivity index (χ2n) is 8.14. The van der Waals surface area contributed by atoms with Crippen molar-refractivity contribution in [3.63, 3.8) is 0 Å². The molecular weight excluding hydrogens is 374 g/mol. The van der Waals surface area contributed by atoms with Gasteiger partial charge in [0.15, 0.2) is 5.16 Å². The zero-order valence-corrected chi connectivity index (χ0v) is 17.5. The number of thioether (sulfide) groups is 1. The Morgan fingerprint density at radius 1 is 1.21 bits per heavy atom. The quantitative estimate of drug-likeness (QED) is 0.725. The molecule has 1 aromatic heterocycles. The largest absolute Gasteiger partial charge is 0.333 e. The number of carbonyl (C=O) groups is 2. The fraction of sp³-hybridized carbons (Fsp3) is 0.500. The number of hydrogen-bond acceptors (Lipinski definition) is 5. The molecule has 0 saturated heterocycles. The lowest BCUT2D eigenvalue weighted by molar-refractivity contribution is -0.119. The molecule has 1 aliphatic rings. The normalized spacial score (nSPS) is 15.1. The number of carbonyl (C=O) groups excluding carboxylic acids is 2. The number of hydrogen-bond donors (Lipinski definition) is 2. The van der Waals surface area contributed by atoms with E-state index in [1.165, 1.54) is 11.8 Å². The molecule has 1 heterocycles. The van der Waals surface area contributed by atoms with E-state index in [1.54, 1.807) is 6.92 Å². The third kappa shape index (κ3) is 5.58. The third-order valence-electron chi connectivity index (χ3n) is 4.25. The standard InChI is InChI=1S/C20H27N5O2S/c1-13(17(26)21-18(27)22-20(2,3)4)28-19-24-23-16(15-10-11-15)25(19)12-14-8-6-5-7-9-14/h5-9,13,15H,10-12H2,1-4H3,(H2,21,22,26,27)/t13-/m0/s1. The molecule has 1 saturated carbocycles. The minimum atomic E-state index is -0.491. The van der Waals surface area contributed by atoms with Gasteiger partial charge in [0.05, 0.1) is 11.8 Å². The summed E-state index contributed by atoms with van der Waals surface area (Å²) in [5, 5.41) is 14.1. The summed E-state index contributed by atoms with van der Waals surface area (Å²) in [4.78, 5) is 24.4. The number of amides is 3. The Morgan fingerprint density at radius 3 is 2.50 bits per heavy atom. The zero-order valence-electron chi connectivity index (χ0n) is 16.7. The van der Waals surface area contributed by atoms with E-state index >= 15 is 0 Å². The van der Waals surface area contributed by atoms with Gasteiger partial charge in [-0.25, -0.2) is 4.79 Å². The zero-order chi connectivity index (χ0) is 20.3. The number of benzene rings is 1. The maximum Gasteiger partial charge on any atom is 0.321 e. The predicted octanol–water partition coefficient (Wildman–Crippen LogP) is 3.31. The highest BCUT2D eigenvalue weighted by Crippen LogP contribution is 2.40. The molecule has 8 heteroatoms. The number of nitrogens with zero attached hydrogens (tertiary/aromatic N) is 3. The van der Waals surface area contributed by atoms with Gasteiger partial charge in [0, 0.05) is 11.5 Å². The first kappa shape index (κ1) is 20.4. The van der Waals surface area contributed by atoms with Crippen LogP contribution < -0.4 is 10.6 Å². The molecule has 3 rings (SSSR count). The first-order valence-corrected chi connectivity index (χ1v) is 10.4. The molecule has 3 amide bonds. The highest BCUT2D eigenvalue weighted by Gasteiger charge is 2.31. The Kier molecular flexibility index (Phi) is 6.07. The van der Waals surface area contributed by atoms with Gasteiger partial charge >= 0.3 is 6.03 Å². The number of imide groups is 1. The van der Waals surface area contributed by atoms with Crippen LogP contribution in [0.5, 0.6) is 0 Å². The molecule has 28 heavy (non-hydrogen) atoms. The van der Waals surface area contributed by atoms with Crippen LogP contribution >= 0.6 is 11.8 Å². The van der Waals surface area contributed by atoms with Gasteiger partial charge in [-0.15, -0.1) is 10.2 Å². The van der Waals surface area contributed by atoms with Gasteiger partial charge in [-0.2, -0.15) is 0 Å². The molecule has 1 fully saturated rings. The fourth-order valence-corrected chi connectivity index (χ4v) is 3.60. The molecule has 0 spiro atoms. The molecule has 2 N–H and O–H groups in total. The van der Waals surface area contributed by atoms with E-state index in [-0.39, 0.29) is 5.91 Å². The van der Waals surface area contributed by atoms with Gasteiger partial charge in [-0.3, -0.25) is 10.1 Å². The molecule has 0 unspecified atom stereocenters. The van der Waals surface area contributed by atoms with Crippen molar-refractivity contribution in [1.82, 2.24) is 25.4 Å². The van der Waals surface area contributed by atoms with Crippen LogP contribution in [0.15, 0.2) is 35.5 Å². The topological polar surface area (TPSA) is 88.9 Å². The summed E-state index contributed by atoms with van der Waals surface area (Å²) in [6.45, 7) is 8.02. The van der Waals surface area contributed by atoms with Crippen LogP contribution in [0.1, 0.15) is 57.8 Å². The Bertz CT molecular complexity index is 840. The van der Waals surface area contributed by atoms with Crippen molar-refractivity contribution in [3.8, 4) is 0 Å². The monoisotopic (exact) mass is 401 g/mol. The van der Waals surface area contributed by atoms with Crippen molar-refractivity contribution in [3.05, 3.63) is 41.7 Å². The molecule has 2 aromatic rings. The number of aromatic nitrogens is 3. The lowest BCUT2D eigenvalue weighted by Crippen LogP contribution is -2.49. The first-order chi connectivity index (χ1) is 13.2.